The van der Waals surface area contributed by atoms with Crippen LogP contribution in [0.25, 0.3) is 5.65 Å². The lowest BCUT2D eigenvalue weighted by Crippen LogP contribution is -2.55. The van der Waals surface area contributed by atoms with E-state index in [1.54, 1.807) is 0 Å². The van der Waals surface area contributed by atoms with Gasteiger partial charge in [-0.15, -0.1) is 10.2 Å². The molecule has 162 valence electrons. The Morgan fingerprint density at radius 2 is 1.73 bits per heavy atom. The van der Waals surface area contributed by atoms with Crippen LogP contribution in [0.15, 0.2) is 18.2 Å². The van der Waals surface area contributed by atoms with E-state index < -0.39 is 0 Å². The maximum absolute atomic E-state index is 13.3. The van der Waals surface area contributed by atoms with Gasteiger partial charge >= 0.3 is 0 Å². The quantitative estimate of drug-likeness (QED) is 0.779. The fourth-order valence-electron chi connectivity index (χ4n) is 5.66. The average molecular weight is 411 g/mol. The van der Waals surface area contributed by atoms with Gasteiger partial charge in [-0.3, -0.25) is 14.1 Å². The molecule has 7 nitrogen and oxygen atoms in total. The SMILES string of the molecule is Cc1cccc2nnc(N3CCC[C@@H](C(=O)N4CCN(C5CCCCC5)CC4)C3)n12. The van der Waals surface area contributed by atoms with Crippen LogP contribution in [0.3, 0.4) is 0 Å². The molecular weight excluding hydrogens is 376 g/mol. The number of piperidine rings is 1. The third kappa shape index (κ3) is 3.80. The van der Waals surface area contributed by atoms with Crippen molar-refractivity contribution in [3.05, 3.63) is 23.9 Å². The van der Waals surface area contributed by atoms with E-state index in [1.807, 2.05) is 12.1 Å². The fourth-order valence-corrected chi connectivity index (χ4v) is 5.66. The summed E-state index contributed by atoms with van der Waals surface area (Å²) in [6.45, 7) is 7.63. The predicted octanol–water partition coefficient (Wildman–Crippen LogP) is 2.73. The normalized spacial score (nSPS) is 24.5. The maximum atomic E-state index is 13.3. The number of piperazine rings is 1. The molecule has 2 aromatic rings. The van der Waals surface area contributed by atoms with Crippen LogP contribution in [0.5, 0.6) is 0 Å². The molecule has 7 heteroatoms. The van der Waals surface area contributed by atoms with E-state index in [0.29, 0.717) is 5.91 Å². The minimum atomic E-state index is 0.0661. The molecule has 5 rings (SSSR count). The van der Waals surface area contributed by atoms with Crippen LogP contribution in [0, 0.1) is 12.8 Å². The van der Waals surface area contributed by atoms with Crippen molar-refractivity contribution in [2.45, 2.75) is 57.9 Å². The molecule has 0 spiro atoms. The summed E-state index contributed by atoms with van der Waals surface area (Å²) in [4.78, 5) is 20.3. The fraction of sp³-hybridized carbons (Fsp3) is 0.696. The molecule has 0 radical (unpaired) electrons. The minimum Gasteiger partial charge on any atom is -0.340 e. The molecule has 1 aliphatic carbocycles. The molecule has 0 N–H and O–H groups in total. The van der Waals surface area contributed by atoms with Gasteiger partial charge in [0.2, 0.25) is 11.9 Å². The lowest BCUT2D eigenvalue weighted by Gasteiger charge is -2.42. The van der Waals surface area contributed by atoms with Crippen LogP contribution in [-0.4, -0.2) is 75.6 Å². The summed E-state index contributed by atoms with van der Waals surface area (Å²) in [7, 11) is 0. The van der Waals surface area contributed by atoms with E-state index in [-0.39, 0.29) is 5.92 Å². The van der Waals surface area contributed by atoms with E-state index in [0.717, 1.165) is 75.4 Å². The van der Waals surface area contributed by atoms with Crippen LogP contribution in [0.1, 0.15) is 50.6 Å². The minimum absolute atomic E-state index is 0.0661. The standard InChI is InChI=1S/C23H34N6O/c1-18-7-5-11-21-24-25-23(29(18)21)28-12-6-8-19(17-28)22(30)27-15-13-26(14-16-27)20-9-3-2-4-10-20/h5,7,11,19-20H,2-4,6,8-10,12-17H2,1H3/t19-/m1/s1. The van der Waals surface area contributed by atoms with E-state index in [1.165, 1.54) is 32.1 Å². The Hall–Kier alpha value is -2.15. The zero-order valence-corrected chi connectivity index (χ0v) is 18.2. The van der Waals surface area contributed by atoms with Gasteiger partial charge in [0.05, 0.1) is 5.92 Å². The monoisotopic (exact) mass is 410 g/mol. The molecule has 1 atom stereocenters. The third-order valence-corrected chi connectivity index (χ3v) is 7.38. The van der Waals surface area contributed by atoms with Gasteiger partial charge in [0.1, 0.15) is 0 Å². The third-order valence-electron chi connectivity index (χ3n) is 7.38. The van der Waals surface area contributed by atoms with Crippen molar-refractivity contribution in [3.8, 4) is 0 Å². The number of hydrogen-bond donors (Lipinski definition) is 0. The first-order valence-corrected chi connectivity index (χ1v) is 11.8. The van der Waals surface area contributed by atoms with Gasteiger partial charge in [0, 0.05) is 51.0 Å². The number of hydrogen-bond acceptors (Lipinski definition) is 5. The topological polar surface area (TPSA) is 57.0 Å². The summed E-state index contributed by atoms with van der Waals surface area (Å²) in [6, 6.07) is 6.84. The summed E-state index contributed by atoms with van der Waals surface area (Å²) < 4.78 is 2.11. The van der Waals surface area contributed by atoms with Gasteiger partial charge in [-0.2, -0.15) is 0 Å². The molecule has 30 heavy (non-hydrogen) atoms. The van der Waals surface area contributed by atoms with Crippen molar-refractivity contribution in [1.29, 1.82) is 0 Å². The van der Waals surface area contributed by atoms with Gasteiger partial charge in [-0.25, -0.2) is 0 Å². The number of aromatic nitrogens is 3. The number of aryl methyl sites for hydroxylation is 1. The number of nitrogens with zero attached hydrogens (tertiary/aromatic N) is 6. The first kappa shape index (κ1) is 19.8. The lowest BCUT2D eigenvalue weighted by atomic mass is 9.93. The molecule has 2 saturated heterocycles. The molecule has 3 aliphatic rings. The maximum Gasteiger partial charge on any atom is 0.231 e. The summed E-state index contributed by atoms with van der Waals surface area (Å²) in [6.07, 6.45) is 8.84. The van der Waals surface area contributed by atoms with Gasteiger partial charge in [-0.05, 0) is 44.7 Å². The Balaban J connectivity index is 1.22. The van der Waals surface area contributed by atoms with Crippen molar-refractivity contribution >= 4 is 17.5 Å². The highest BCUT2D eigenvalue weighted by Gasteiger charge is 2.33. The van der Waals surface area contributed by atoms with Crippen LogP contribution in [0.4, 0.5) is 5.95 Å². The number of fused-ring (bicyclic) bond motifs is 1. The highest BCUT2D eigenvalue weighted by atomic mass is 16.2. The number of anilines is 1. The Labute approximate surface area is 179 Å². The number of carbonyl (C=O) groups excluding carboxylic acids is 1. The zero-order chi connectivity index (χ0) is 20.5. The van der Waals surface area contributed by atoms with Crippen LogP contribution < -0.4 is 4.90 Å². The highest BCUT2D eigenvalue weighted by molar-refractivity contribution is 5.80. The molecule has 0 bridgehead atoms. The van der Waals surface area contributed by atoms with E-state index >= 15 is 0 Å². The molecule has 4 heterocycles. The molecule has 2 aliphatic heterocycles. The predicted molar refractivity (Wildman–Crippen MR) is 118 cm³/mol. The molecule has 2 aromatic heterocycles. The van der Waals surface area contributed by atoms with Crippen molar-refractivity contribution < 1.29 is 4.79 Å². The van der Waals surface area contributed by atoms with Gasteiger partial charge in [0.15, 0.2) is 5.65 Å². The first-order valence-electron chi connectivity index (χ1n) is 11.8. The number of carbonyl (C=O) groups is 1. The largest absolute Gasteiger partial charge is 0.340 e. The molecular formula is C23H34N6O. The van der Waals surface area contributed by atoms with E-state index in [9.17, 15) is 4.79 Å². The number of pyridine rings is 1. The molecule has 0 aromatic carbocycles. The van der Waals surface area contributed by atoms with Crippen molar-refractivity contribution in [2.75, 3.05) is 44.2 Å². The number of rotatable bonds is 3. The summed E-state index contributed by atoms with van der Waals surface area (Å²) >= 11 is 0. The number of amides is 1. The van der Waals surface area contributed by atoms with Crippen molar-refractivity contribution in [3.63, 3.8) is 0 Å². The van der Waals surface area contributed by atoms with E-state index in [4.69, 9.17) is 0 Å². The Bertz CT molecular complexity index is 881. The smallest absolute Gasteiger partial charge is 0.231 e. The molecule has 1 saturated carbocycles. The van der Waals surface area contributed by atoms with Crippen molar-refractivity contribution in [2.24, 2.45) is 5.92 Å². The molecule has 3 fully saturated rings. The Kier molecular flexibility index (Phi) is 5.63. The van der Waals surface area contributed by atoms with Crippen molar-refractivity contribution in [1.82, 2.24) is 24.4 Å². The highest BCUT2D eigenvalue weighted by Crippen LogP contribution is 2.27. The Morgan fingerprint density at radius 3 is 2.53 bits per heavy atom. The zero-order valence-electron chi connectivity index (χ0n) is 18.2. The second kappa shape index (κ2) is 8.53. The van der Waals surface area contributed by atoms with Crippen LogP contribution >= 0.6 is 0 Å². The second-order valence-electron chi connectivity index (χ2n) is 9.30. The van der Waals surface area contributed by atoms with Crippen LogP contribution in [-0.2, 0) is 4.79 Å². The second-order valence-corrected chi connectivity index (χ2v) is 9.30. The van der Waals surface area contributed by atoms with Gasteiger partial charge < -0.3 is 9.80 Å². The lowest BCUT2D eigenvalue weighted by molar-refractivity contribution is -0.138. The Morgan fingerprint density at radius 1 is 0.933 bits per heavy atom. The summed E-state index contributed by atoms with van der Waals surface area (Å²) in [5.74, 6) is 1.28. The van der Waals surface area contributed by atoms with Gasteiger partial charge in [-0.1, -0.05) is 25.3 Å². The molecule has 0 unspecified atom stereocenters. The summed E-state index contributed by atoms with van der Waals surface area (Å²) in [5.41, 5.74) is 2.00. The van der Waals surface area contributed by atoms with Crippen LogP contribution in [0.2, 0.25) is 0 Å². The van der Waals surface area contributed by atoms with E-state index in [2.05, 4.69) is 42.3 Å². The first-order chi connectivity index (χ1) is 14.7. The molecule has 1 amide bonds. The summed E-state index contributed by atoms with van der Waals surface area (Å²) in [5, 5.41) is 8.79. The van der Waals surface area contributed by atoms with Gasteiger partial charge in [0.25, 0.3) is 0 Å². The average Bonchev–Trinajstić information content (AvgIpc) is 3.25.